The van der Waals surface area contributed by atoms with E-state index < -0.39 is 0 Å². The highest BCUT2D eigenvalue weighted by atomic mass is 14.2. The van der Waals surface area contributed by atoms with E-state index in [-0.39, 0.29) is 0 Å². The quantitative estimate of drug-likeness (QED) is 0.191. The van der Waals surface area contributed by atoms with Crippen molar-refractivity contribution >= 4 is 0 Å². The predicted octanol–water partition coefficient (Wildman–Crippen LogP) is 10.1. The Kier molecular flexibility index (Phi) is 11.3. The van der Waals surface area contributed by atoms with E-state index in [1.54, 1.807) is 0 Å². The maximum absolute atomic E-state index is 2.46. The van der Waals surface area contributed by atoms with Crippen molar-refractivity contribution in [1.82, 2.24) is 0 Å². The van der Waals surface area contributed by atoms with E-state index in [2.05, 4.69) is 49.4 Å². The van der Waals surface area contributed by atoms with Gasteiger partial charge in [0.2, 0.25) is 0 Å². The molecule has 0 heteroatoms. The number of benzene rings is 2. The van der Waals surface area contributed by atoms with Crippen LogP contribution in [-0.2, 0) is 12.8 Å². The zero-order chi connectivity index (χ0) is 21.6. The van der Waals surface area contributed by atoms with Gasteiger partial charge in [-0.15, -0.1) is 0 Å². The minimum atomic E-state index is 1.12. The summed E-state index contributed by atoms with van der Waals surface area (Å²) < 4.78 is 0. The molecular formula is C31H46. The fourth-order valence-corrected chi connectivity index (χ4v) is 5.20. The number of rotatable bonds is 17. The van der Waals surface area contributed by atoms with Crippen LogP contribution in [0.15, 0.2) is 42.5 Å². The van der Waals surface area contributed by atoms with Gasteiger partial charge in [-0.05, 0) is 47.1 Å². The first kappa shape index (κ1) is 24.1. The van der Waals surface area contributed by atoms with Gasteiger partial charge in [-0.3, -0.25) is 0 Å². The van der Waals surface area contributed by atoms with Crippen LogP contribution in [0.4, 0.5) is 0 Å². The van der Waals surface area contributed by atoms with Crippen molar-refractivity contribution in [2.45, 2.75) is 122 Å². The zero-order valence-electron chi connectivity index (χ0n) is 20.3. The van der Waals surface area contributed by atoms with Crippen LogP contribution in [0.3, 0.4) is 0 Å². The lowest BCUT2D eigenvalue weighted by Gasteiger charge is -2.06. The summed E-state index contributed by atoms with van der Waals surface area (Å²) in [5, 5.41) is 0. The largest absolute Gasteiger partial charge is 0.0654 e. The first-order valence-corrected chi connectivity index (χ1v) is 13.6. The highest BCUT2D eigenvalue weighted by Crippen LogP contribution is 2.37. The molecule has 3 rings (SSSR count). The number of aryl methyl sites for hydroxylation is 1. The molecule has 0 N–H and O–H groups in total. The minimum Gasteiger partial charge on any atom is -0.0654 e. The molecule has 0 bridgehead atoms. The molecular weight excluding hydrogens is 372 g/mol. The molecule has 170 valence electrons. The summed E-state index contributed by atoms with van der Waals surface area (Å²) in [7, 11) is 0. The first-order valence-electron chi connectivity index (χ1n) is 13.6. The Balaban J connectivity index is 1.15. The monoisotopic (exact) mass is 418 g/mol. The van der Waals surface area contributed by atoms with Gasteiger partial charge in [0.25, 0.3) is 0 Å². The highest BCUT2D eigenvalue weighted by molar-refractivity contribution is 5.77. The molecule has 31 heavy (non-hydrogen) atoms. The van der Waals surface area contributed by atoms with Crippen molar-refractivity contribution in [2.75, 3.05) is 0 Å². The summed E-state index contributed by atoms with van der Waals surface area (Å²) in [6.45, 7) is 2.30. The van der Waals surface area contributed by atoms with Gasteiger partial charge in [-0.25, -0.2) is 0 Å². The highest BCUT2D eigenvalue weighted by Gasteiger charge is 2.17. The van der Waals surface area contributed by atoms with Crippen LogP contribution in [0, 0.1) is 0 Å². The Hall–Kier alpha value is -1.56. The second-order valence-electron chi connectivity index (χ2n) is 9.88. The summed E-state index contributed by atoms with van der Waals surface area (Å²) in [6.07, 6.45) is 25.4. The van der Waals surface area contributed by atoms with Gasteiger partial charge in [0.1, 0.15) is 0 Å². The maximum Gasteiger partial charge on any atom is -0.00135 e. The van der Waals surface area contributed by atoms with Crippen LogP contribution >= 0.6 is 0 Å². The number of unbranched alkanes of at least 4 members (excludes halogenated alkanes) is 15. The van der Waals surface area contributed by atoms with E-state index in [0.717, 1.165) is 6.42 Å². The third-order valence-corrected chi connectivity index (χ3v) is 7.18. The molecule has 0 amide bonds. The predicted molar refractivity (Wildman–Crippen MR) is 138 cm³/mol. The van der Waals surface area contributed by atoms with Gasteiger partial charge < -0.3 is 0 Å². The SMILES string of the molecule is CCCCCCCCCCCCCCCCCCc1ccc2c(c1)-c1ccccc1C2. The summed E-state index contributed by atoms with van der Waals surface area (Å²) in [6, 6.07) is 16.1. The molecule has 1 aliphatic carbocycles. The summed E-state index contributed by atoms with van der Waals surface area (Å²) >= 11 is 0. The molecule has 1 aliphatic rings. The summed E-state index contributed by atoms with van der Waals surface area (Å²) in [5.41, 5.74) is 7.49. The molecule has 0 heterocycles. The van der Waals surface area contributed by atoms with E-state index in [4.69, 9.17) is 0 Å². The fraction of sp³-hybridized carbons (Fsp3) is 0.613. The lowest BCUT2D eigenvalue weighted by molar-refractivity contribution is 0.529. The molecule has 0 saturated heterocycles. The minimum absolute atomic E-state index is 1.12. The number of hydrogen-bond acceptors (Lipinski definition) is 0. The average Bonchev–Trinajstić information content (AvgIpc) is 3.17. The number of fused-ring (bicyclic) bond motifs is 3. The molecule has 0 fully saturated rings. The second kappa shape index (κ2) is 14.5. The Bertz CT molecular complexity index is 741. The zero-order valence-corrected chi connectivity index (χ0v) is 20.3. The van der Waals surface area contributed by atoms with Crippen molar-refractivity contribution in [3.63, 3.8) is 0 Å². The Morgan fingerprint density at radius 3 is 1.65 bits per heavy atom. The maximum atomic E-state index is 2.46. The van der Waals surface area contributed by atoms with Gasteiger partial charge in [-0.1, -0.05) is 146 Å². The van der Waals surface area contributed by atoms with E-state index >= 15 is 0 Å². The van der Waals surface area contributed by atoms with E-state index in [1.165, 1.54) is 137 Å². The van der Waals surface area contributed by atoms with Gasteiger partial charge in [0.05, 0.1) is 0 Å². The van der Waals surface area contributed by atoms with Crippen molar-refractivity contribution in [1.29, 1.82) is 0 Å². The van der Waals surface area contributed by atoms with Crippen molar-refractivity contribution in [3.05, 3.63) is 59.2 Å². The number of hydrogen-bond donors (Lipinski definition) is 0. The smallest absolute Gasteiger partial charge is 0.00135 e. The molecule has 0 spiro atoms. The van der Waals surface area contributed by atoms with Gasteiger partial charge in [-0.2, -0.15) is 0 Å². The van der Waals surface area contributed by atoms with E-state index in [0.29, 0.717) is 0 Å². The van der Waals surface area contributed by atoms with Crippen LogP contribution < -0.4 is 0 Å². The van der Waals surface area contributed by atoms with Crippen LogP contribution in [0.1, 0.15) is 126 Å². The average molecular weight is 419 g/mol. The summed E-state index contributed by atoms with van der Waals surface area (Å²) in [5.74, 6) is 0. The van der Waals surface area contributed by atoms with Gasteiger partial charge >= 0.3 is 0 Å². The molecule has 0 saturated carbocycles. The van der Waals surface area contributed by atoms with Crippen LogP contribution in [0.25, 0.3) is 11.1 Å². The molecule has 0 radical (unpaired) electrons. The molecule has 2 aromatic carbocycles. The standard InChI is InChI=1S/C31H46/c1-2-3-4-5-6-7-8-9-10-11-12-13-14-15-16-17-20-27-23-24-29-26-28-21-18-19-22-30(28)31(29)25-27/h18-19,21-25H,2-17,20,26H2,1H3. The molecule has 0 unspecified atom stereocenters. The normalized spacial score (nSPS) is 12.2. The lowest BCUT2D eigenvalue weighted by Crippen LogP contribution is -1.89. The van der Waals surface area contributed by atoms with Crippen molar-refractivity contribution in [2.24, 2.45) is 0 Å². The third kappa shape index (κ3) is 8.47. The topological polar surface area (TPSA) is 0 Å². The van der Waals surface area contributed by atoms with E-state index in [9.17, 15) is 0 Å². The van der Waals surface area contributed by atoms with Crippen LogP contribution in [-0.4, -0.2) is 0 Å². The van der Waals surface area contributed by atoms with Crippen molar-refractivity contribution < 1.29 is 0 Å². The van der Waals surface area contributed by atoms with Crippen molar-refractivity contribution in [3.8, 4) is 11.1 Å². The van der Waals surface area contributed by atoms with E-state index in [1.807, 2.05) is 0 Å². The third-order valence-electron chi connectivity index (χ3n) is 7.18. The lowest BCUT2D eigenvalue weighted by atomic mass is 9.99. The second-order valence-corrected chi connectivity index (χ2v) is 9.88. The Morgan fingerprint density at radius 2 is 1.03 bits per heavy atom. The molecule has 0 aromatic heterocycles. The fourth-order valence-electron chi connectivity index (χ4n) is 5.20. The van der Waals surface area contributed by atoms with Gasteiger partial charge in [0.15, 0.2) is 0 Å². The molecule has 0 nitrogen and oxygen atoms in total. The van der Waals surface area contributed by atoms with Gasteiger partial charge in [0, 0.05) is 0 Å². The summed E-state index contributed by atoms with van der Waals surface area (Å²) in [4.78, 5) is 0. The Labute approximate surface area is 192 Å². The molecule has 0 atom stereocenters. The van der Waals surface area contributed by atoms with Crippen LogP contribution in [0.2, 0.25) is 0 Å². The first-order chi connectivity index (χ1) is 15.4. The Morgan fingerprint density at radius 1 is 0.516 bits per heavy atom. The molecule has 2 aromatic rings. The van der Waals surface area contributed by atoms with Crippen LogP contribution in [0.5, 0.6) is 0 Å². The molecule has 0 aliphatic heterocycles.